The van der Waals surface area contributed by atoms with Crippen molar-refractivity contribution in [3.63, 3.8) is 0 Å². The second kappa shape index (κ2) is 2.99. The van der Waals surface area contributed by atoms with Crippen LogP contribution in [0.15, 0.2) is 30.3 Å². The van der Waals surface area contributed by atoms with Crippen molar-refractivity contribution in [2.75, 3.05) is 13.2 Å². The van der Waals surface area contributed by atoms with Crippen LogP contribution in [-0.2, 0) is 4.74 Å². The lowest BCUT2D eigenvalue weighted by Crippen LogP contribution is -2.10. The van der Waals surface area contributed by atoms with Gasteiger partial charge in [0.15, 0.2) is 6.54 Å². The molecule has 0 amide bonds. The number of rotatable bonds is 1. The van der Waals surface area contributed by atoms with Gasteiger partial charge in [0.2, 0.25) is 6.23 Å². The zero-order valence-corrected chi connectivity index (χ0v) is 6.86. The highest BCUT2D eigenvalue weighted by molar-refractivity contribution is 5.26. The van der Waals surface area contributed by atoms with E-state index in [9.17, 15) is 0 Å². The predicted molar refractivity (Wildman–Crippen MR) is 47.0 cm³/mol. The summed E-state index contributed by atoms with van der Waals surface area (Å²) in [6.07, 6.45) is 0.885. The molecule has 12 heavy (non-hydrogen) atoms. The van der Waals surface area contributed by atoms with Gasteiger partial charge in [-0.25, -0.2) is 0 Å². The molecule has 0 N–H and O–H groups in total. The highest BCUT2D eigenvalue weighted by atomic mass is 16.5. The van der Waals surface area contributed by atoms with Crippen molar-refractivity contribution in [3.05, 3.63) is 42.1 Å². The summed E-state index contributed by atoms with van der Waals surface area (Å²) in [6.45, 7) is 5.49. The Bertz CT molecular complexity index is 281. The molecule has 0 aromatic heterocycles. The minimum Gasteiger partial charge on any atom is -0.332 e. The minimum absolute atomic E-state index is 0.744. The summed E-state index contributed by atoms with van der Waals surface area (Å²) < 4.78 is 7.32. The SMILES string of the molecule is C=[N+]1CCO[C-]1c1ccccc1. The summed E-state index contributed by atoms with van der Waals surface area (Å²) in [6, 6.07) is 10.0. The Hall–Kier alpha value is -1.28. The number of hydrogen-bond donors (Lipinski definition) is 0. The molecule has 0 bridgehead atoms. The summed E-state index contributed by atoms with van der Waals surface area (Å²) in [7, 11) is 0. The number of hydrogen-bond acceptors (Lipinski definition) is 1. The Kier molecular flexibility index (Phi) is 1.84. The summed E-state index contributed by atoms with van der Waals surface area (Å²) in [5, 5.41) is 0. The fourth-order valence-corrected chi connectivity index (χ4v) is 1.29. The first kappa shape index (κ1) is 7.37. The first-order valence-corrected chi connectivity index (χ1v) is 4.01. The number of ether oxygens (including phenoxy) is 1. The van der Waals surface area contributed by atoms with Crippen LogP contribution in [0, 0.1) is 6.23 Å². The molecule has 62 valence electrons. The van der Waals surface area contributed by atoms with Crippen LogP contribution in [0.2, 0.25) is 0 Å². The fraction of sp³-hybridized carbons (Fsp3) is 0.200. The third-order valence-corrected chi connectivity index (χ3v) is 1.91. The summed E-state index contributed by atoms with van der Waals surface area (Å²) in [5.41, 5.74) is 1.10. The fourth-order valence-electron chi connectivity index (χ4n) is 1.29. The Morgan fingerprint density at radius 2 is 2.08 bits per heavy atom. The van der Waals surface area contributed by atoms with Gasteiger partial charge in [-0.3, -0.25) is 4.58 Å². The van der Waals surface area contributed by atoms with Crippen molar-refractivity contribution in [2.45, 2.75) is 0 Å². The molecule has 0 saturated carbocycles. The van der Waals surface area contributed by atoms with E-state index in [1.807, 2.05) is 34.9 Å². The maximum Gasteiger partial charge on any atom is 0.236 e. The summed E-state index contributed by atoms with van der Waals surface area (Å²) in [5.74, 6) is 0. The van der Waals surface area contributed by atoms with Gasteiger partial charge in [0.25, 0.3) is 0 Å². The van der Waals surface area contributed by atoms with E-state index in [0.29, 0.717) is 0 Å². The molecule has 0 unspecified atom stereocenters. The topological polar surface area (TPSA) is 12.2 Å². The van der Waals surface area contributed by atoms with Crippen LogP contribution in [0.25, 0.3) is 0 Å². The van der Waals surface area contributed by atoms with Crippen LogP contribution in [0.3, 0.4) is 0 Å². The zero-order valence-electron chi connectivity index (χ0n) is 6.86. The highest BCUT2D eigenvalue weighted by Gasteiger charge is 2.23. The predicted octanol–water partition coefficient (Wildman–Crippen LogP) is 1.27. The Morgan fingerprint density at radius 1 is 1.33 bits per heavy atom. The molecule has 2 nitrogen and oxygen atoms in total. The van der Waals surface area contributed by atoms with Gasteiger partial charge in [0.05, 0.1) is 6.72 Å². The van der Waals surface area contributed by atoms with E-state index in [1.54, 1.807) is 0 Å². The molecule has 1 fully saturated rings. The first-order chi connectivity index (χ1) is 5.88. The van der Waals surface area contributed by atoms with Crippen molar-refractivity contribution in [3.8, 4) is 0 Å². The molecule has 0 spiro atoms. The van der Waals surface area contributed by atoms with E-state index in [2.05, 4.69) is 6.72 Å². The lowest BCUT2D eigenvalue weighted by atomic mass is 10.2. The Labute approximate surface area is 72.1 Å². The third kappa shape index (κ3) is 1.21. The second-order valence-electron chi connectivity index (χ2n) is 2.78. The van der Waals surface area contributed by atoms with Gasteiger partial charge in [-0.15, -0.1) is 24.3 Å². The van der Waals surface area contributed by atoms with Gasteiger partial charge in [-0.2, -0.15) is 0 Å². The molecule has 1 aliphatic rings. The molecule has 0 aliphatic carbocycles. The van der Waals surface area contributed by atoms with Gasteiger partial charge in [0.1, 0.15) is 6.61 Å². The van der Waals surface area contributed by atoms with E-state index >= 15 is 0 Å². The minimum atomic E-state index is 0.744. The van der Waals surface area contributed by atoms with Crippen LogP contribution in [0.5, 0.6) is 0 Å². The lowest BCUT2D eigenvalue weighted by Gasteiger charge is -2.10. The standard InChI is InChI=1S/C10H11NO/c1-11-7-8-12-10(11)9-5-3-2-4-6-9/h2-6H,1,7-8H2. The normalized spacial score (nSPS) is 17.0. The molecule has 0 atom stereocenters. The third-order valence-electron chi connectivity index (χ3n) is 1.91. The van der Waals surface area contributed by atoms with Gasteiger partial charge in [-0.1, -0.05) is 11.6 Å². The van der Waals surface area contributed by atoms with Gasteiger partial charge in [-0.05, 0) is 0 Å². The van der Waals surface area contributed by atoms with Crippen LogP contribution < -0.4 is 0 Å². The molecule has 1 aromatic rings. The molecular weight excluding hydrogens is 150 g/mol. The van der Waals surface area contributed by atoms with E-state index in [0.717, 1.165) is 24.9 Å². The average molecular weight is 161 g/mol. The van der Waals surface area contributed by atoms with Crippen LogP contribution in [0.4, 0.5) is 0 Å². The zero-order chi connectivity index (χ0) is 8.39. The van der Waals surface area contributed by atoms with E-state index < -0.39 is 0 Å². The molecule has 1 heterocycles. The number of nitrogens with zero attached hydrogens (tertiary/aromatic N) is 1. The average Bonchev–Trinajstić information content (AvgIpc) is 2.53. The maximum absolute atomic E-state index is 5.43. The van der Waals surface area contributed by atoms with Gasteiger partial charge in [0, 0.05) is 0 Å². The van der Waals surface area contributed by atoms with Crippen LogP contribution >= 0.6 is 0 Å². The molecule has 2 rings (SSSR count). The molecule has 1 aliphatic heterocycles. The largest absolute Gasteiger partial charge is 0.332 e. The van der Waals surface area contributed by atoms with Gasteiger partial charge >= 0.3 is 0 Å². The van der Waals surface area contributed by atoms with Crippen molar-refractivity contribution in [1.29, 1.82) is 0 Å². The molecule has 1 saturated heterocycles. The van der Waals surface area contributed by atoms with E-state index in [1.165, 1.54) is 0 Å². The van der Waals surface area contributed by atoms with Crippen LogP contribution in [-0.4, -0.2) is 24.4 Å². The van der Waals surface area contributed by atoms with E-state index in [-0.39, 0.29) is 0 Å². The smallest absolute Gasteiger partial charge is 0.236 e. The second-order valence-corrected chi connectivity index (χ2v) is 2.78. The first-order valence-electron chi connectivity index (χ1n) is 4.01. The lowest BCUT2D eigenvalue weighted by molar-refractivity contribution is -0.494. The van der Waals surface area contributed by atoms with Gasteiger partial charge < -0.3 is 4.74 Å². The molecule has 0 radical (unpaired) electrons. The van der Waals surface area contributed by atoms with Crippen molar-refractivity contribution < 1.29 is 9.31 Å². The molecule has 2 heteroatoms. The quantitative estimate of drug-likeness (QED) is 0.446. The van der Waals surface area contributed by atoms with Crippen molar-refractivity contribution in [1.82, 2.24) is 0 Å². The Morgan fingerprint density at radius 3 is 2.67 bits per heavy atom. The van der Waals surface area contributed by atoms with Crippen LogP contribution in [0.1, 0.15) is 5.56 Å². The molecular formula is C10H11NO. The number of benzene rings is 1. The Balaban J connectivity index is 2.25. The van der Waals surface area contributed by atoms with Crippen molar-refractivity contribution in [2.24, 2.45) is 0 Å². The highest BCUT2D eigenvalue weighted by Crippen LogP contribution is 2.20. The van der Waals surface area contributed by atoms with Crippen molar-refractivity contribution >= 4 is 6.72 Å². The summed E-state index contributed by atoms with van der Waals surface area (Å²) in [4.78, 5) is 0. The van der Waals surface area contributed by atoms with E-state index in [4.69, 9.17) is 4.74 Å². The summed E-state index contributed by atoms with van der Waals surface area (Å²) >= 11 is 0. The monoisotopic (exact) mass is 161 g/mol. The molecule has 1 aromatic carbocycles. The maximum atomic E-state index is 5.43.